The highest BCUT2D eigenvalue weighted by Crippen LogP contribution is 2.45. The number of anilines is 2. The van der Waals surface area contributed by atoms with Crippen molar-refractivity contribution in [3.8, 4) is 39.6 Å². The number of rotatable bonds is 9. The Hall–Kier alpha value is -7.37. The van der Waals surface area contributed by atoms with E-state index in [0.717, 1.165) is 39.4 Å². The van der Waals surface area contributed by atoms with Gasteiger partial charge in [-0.3, -0.25) is 4.57 Å². The molecule has 0 amide bonds. The van der Waals surface area contributed by atoms with Crippen LogP contribution in [0.15, 0.2) is 194 Å². The third-order valence-corrected chi connectivity index (χ3v) is 14.2. The summed E-state index contributed by atoms with van der Waals surface area (Å²) < 4.78 is 9.45. The number of aromatic nitrogens is 2. The zero-order valence-corrected chi connectivity index (χ0v) is 42.8. The highest BCUT2D eigenvalue weighted by Gasteiger charge is 2.34. The Morgan fingerprint density at radius 3 is 1.73 bits per heavy atom. The average Bonchev–Trinajstić information content (AvgIpc) is 3.95. The Kier molecular flexibility index (Phi) is 11.6. The quantitative estimate of drug-likeness (QED) is 0.144. The van der Waals surface area contributed by atoms with Crippen molar-refractivity contribution in [1.82, 2.24) is 9.55 Å². The topological polar surface area (TPSA) is 33.5 Å². The van der Waals surface area contributed by atoms with E-state index in [1.165, 1.54) is 61.3 Å². The average molecular weight is 919 g/mol. The monoisotopic (exact) mass is 919 g/mol. The van der Waals surface area contributed by atoms with E-state index in [2.05, 4.69) is 273 Å². The third kappa shape index (κ3) is 9.02. The van der Waals surface area contributed by atoms with E-state index in [1.807, 2.05) is 6.20 Å². The zero-order chi connectivity index (χ0) is 49.2. The lowest BCUT2D eigenvalue weighted by Gasteiger charge is -2.33. The predicted molar refractivity (Wildman–Crippen MR) is 296 cm³/mol. The highest BCUT2D eigenvalue weighted by molar-refractivity contribution is 6.10. The van der Waals surface area contributed by atoms with Crippen molar-refractivity contribution in [3.63, 3.8) is 0 Å². The van der Waals surface area contributed by atoms with Gasteiger partial charge in [0, 0.05) is 63.2 Å². The minimum Gasteiger partial charge on any atom is -0.457 e. The molecule has 5 heteroatoms. The van der Waals surface area contributed by atoms with Crippen molar-refractivity contribution in [2.75, 3.05) is 16.5 Å². The van der Waals surface area contributed by atoms with Gasteiger partial charge in [0.2, 0.25) is 0 Å². The van der Waals surface area contributed by atoms with E-state index < -0.39 is 0 Å². The molecule has 0 aliphatic carbocycles. The maximum atomic E-state index is 7.15. The van der Waals surface area contributed by atoms with Crippen LogP contribution in [-0.4, -0.2) is 16.2 Å². The molecule has 3 heterocycles. The van der Waals surface area contributed by atoms with Gasteiger partial charge in [0.25, 0.3) is 0 Å². The van der Waals surface area contributed by atoms with Crippen molar-refractivity contribution in [3.05, 3.63) is 216 Å². The van der Waals surface area contributed by atoms with Gasteiger partial charge < -0.3 is 14.5 Å². The largest absolute Gasteiger partial charge is 0.457 e. The number of hydrogen-bond acceptors (Lipinski definition) is 4. The minimum absolute atomic E-state index is 0.0381. The Morgan fingerprint density at radius 2 is 1.07 bits per heavy atom. The summed E-state index contributed by atoms with van der Waals surface area (Å²) in [4.78, 5) is 9.92. The number of benzene rings is 7. The van der Waals surface area contributed by atoms with Crippen LogP contribution < -0.4 is 14.5 Å². The lowest BCUT2D eigenvalue weighted by atomic mass is 9.78. The summed E-state index contributed by atoms with van der Waals surface area (Å²) in [5.74, 6) is 2.42. The number of ether oxygens (including phenoxy) is 1. The molecule has 0 unspecified atom stereocenters. The first-order valence-corrected chi connectivity index (χ1v) is 24.8. The van der Waals surface area contributed by atoms with Gasteiger partial charge in [-0.2, -0.15) is 0 Å². The van der Waals surface area contributed by atoms with Gasteiger partial charge in [-0.1, -0.05) is 179 Å². The molecule has 7 aromatic carbocycles. The second-order valence-electron chi connectivity index (χ2n) is 22.8. The van der Waals surface area contributed by atoms with Gasteiger partial charge in [0.05, 0.1) is 17.7 Å². The van der Waals surface area contributed by atoms with Crippen molar-refractivity contribution >= 4 is 33.2 Å². The molecule has 352 valence electrons. The number of allylic oxidation sites excluding steroid dienone is 1. The normalized spacial score (nSPS) is 13.6. The van der Waals surface area contributed by atoms with Crippen LogP contribution in [0.5, 0.6) is 11.5 Å². The molecule has 0 fully saturated rings. The minimum atomic E-state index is -0.326. The fourth-order valence-corrected chi connectivity index (χ4v) is 9.91. The van der Waals surface area contributed by atoms with Crippen LogP contribution >= 0.6 is 0 Å². The molecule has 0 radical (unpaired) electrons. The standard InChI is InChI=1S/C65H66N4O/c1-62(2,3)49-31-32-66-61(39-49)69-58-30-27-46(44-21-15-12-16-22-44)35-57(58)56-29-28-54(41-59(56)69)70-55-38-51(65(10,11)48-25-19-14-20-26-48)37-52(40-55)67-42-60(64(7,8)9)68(43-67)53-34-47(45-23-17-13-18-24-45)33-50(36-53)63(4,5)6/h12-42H,43H2,1-11H3. The van der Waals surface area contributed by atoms with E-state index in [9.17, 15) is 0 Å². The number of nitrogens with zero attached hydrogens (tertiary/aromatic N) is 4. The molecule has 0 saturated heterocycles. The van der Waals surface area contributed by atoms with Crippen LogP contribution in [0, 0.1) is 5.41 Å². The van der Waals surface area contributed by atoms with E-state index in [1.54, 1.807) is 0 Å². The van der Waals surface area contributed by atoms with Crippen molar-refractivity contribution in [2.24, 2.45) is 5.41 Å². The molecule has 2 aromatic heterocycles. The van der Waals surface area contributed by atoms with Gasteiger partial charge >= 0.3 is 0 Å². The molecule has 0 atom stereocenters. The van der Waals surface area contributed by atoms with Crippen molar-refractivity contribution in [1.29, 1.82) is 0 Å². The summed E-state index contributed by atoms with van der Waals surface area (Å²) in [6, 6.07) is 63.8. The lowest BCUT2D eigenvalue weighted by Crippen LogP contribution is -2.31. The van der Waals surface area contributed by atoms with Gasteiger partial charge in [-0.05, 0) is 116 Å². The van der Waals surface area contributed by atoms with E-state index in [0.29, 0.717) is 6.67 Å². The zero-order valence-electron chi connectivity index (χ0n) is 42.8. The van der Waals surface area contributed by atoms with Crippen LogP contribution in [0.3, 0.4) is 0 Å². The van der Waals surface area contributed by atoms with E-state index >= 15 is 0 Å². The van der Waals surface area contributed by atoms with Gasteiger partial charge in [0.15, 0.2) is 0 Å². The van der Waals surface area contributed by atoms with Crippen LogP contribution in [0.4, 0.5) is 11.4 Å². The summed E-state index contributed by atoms with van der Waals surface area (Å²) in [6.45, 7) is 25.9. The summed E-state index contributed by atoms with van der Waals surface area (Å²) in [7, 11) is 0. The molecular formula is C65H66N4O. The van der Waals surface area contributed by atoms with Crippen LogP contribution in [0.2, 0.25) is 0 Å². The Balaban J connectivity index is 1.10. The highest BCUT2D eigenvalue weighted by atomic mass is 16.5. The molecule has 10 rings (SSSR count). The number of pyridine rings is 1. The molecule has 70 heavy (non-hydrogen) atoms. The predicted octanol–water partition coefficient (Wildman–Crippen LogP) is 17.4. The summed E-state index contributed by atoms with van der Waals surface area (Å²) in [6.07, 6.45) is 4.30. The second kappa shape index (κ2) is 17.5. The SMILES string of the molecule is CC(C)(C)C1=CN(c2cc(Oc3ccc4c5cc(-c6ccccc6)ccc5n(-c5cc(C(C)(C)C)ccn5)c4c3)cc(C(C)(C)c3ccccc3)c2)CN1c1cc(-c2ccccc2)cc(C(C)(C)C)c1. The van der Waals surface area contributed by atoms with E-state index in [-0.39, 0.29) is 21.7 Å². The Morgan fingerprint density at radius 1 is 0.429 bits per heavy atom. The third-order valence-electron chi connectivity index (χ3n) is 14.2. The second-order valence-corrected chi connectivity index (χ2v) is 22.8. The maximum absolute atomic E-state index is 7.15. The fraction of sp³-hybridized carbons (Fsp3) is 0.246. The molecule has 0 saturated carbocycles. The summed E-state index contributed by atoms with van der Waals surface area (Å²) in [5, 5.41) is 2.31. The number of hydrogen-bond donors (Lipinski definition) is 0. The smallest absolute Gasteiger partial charge is 0.137 e. The van der Waals surface area contributed by atoms with Crippen LogP contribution in [0.1, 0.15) is 98.4 Å². The van der Waals surface area contributed by atoms with Gasteiger partial charge in [-0.15, -0.1) is 0 Å². The first kappa shape index (κ1) is 46.4. The van der Waals surface area contributed by atoms with Crippen LogP contribution in [-0.2, 0) is 16.2 Å². The lowest BCUT2D eigenvalue weighted by molar-refractivity contribution is 0.480. The molecule has 0 bridgehead atoms. The van der Waals surface area contributed by atoms with Crippen LogP contribution in [0.25, 0.3) is 49.9 Å². The summed E-state index contributed by atoms with van der Waals surface area (Å²) in [5.41, 5.74) is 14.9. The first-order chi connectivity index (χ1) is 33.3. The Bertz CT molecular complexity index is 3400. The van der Waals surface area contributed by atoms with E-state index in [4.69, 9.17) is 9.72 Å². The molecule has 5 nitrogen and oxygen atoms in total. The van der Waals surface area contributed by atoms with Gasteiger partial charge in [-0.25, -0.2) is 4.98 Å². The molecule has 0 spiro atoms. The molecular weight excluding hydrogens is 853 g/mol. The van der Waals surface area contributed by atoms with Gasteiger partial charge in [0.1, 0.15) is 17.3 Å². The first-order valence-electron chi connectivity index (χ1n) is 24.8. The Labute approximate surface area is 415 Å². The molecule has 1 aliphatic heterocycles. The summed E-state index contributed by atoms with van der Waals surface area (Å²) >= 11 is 0. The van der Waals surface area contributed by atoms with Crippen molar-refractivity contribution < 1.29 is 4.74 Å². The fourth-order valence-electron chi connectivity index (χ4n) is 9.91. The molecule has 0 N–H and O–H groups in total. The molecule has 9 aromatic rings. The maximum Gasteiger partial charge on any atom is 0.137 e. The number of fused-ring (bicyclic) bond motifs is 3. The van der Waals surface area contributed by atoms with Crippen molar-refractivity contribution in [2.45, 2.75) is 92.4 Å². The molecule has 1 aliphatic rings.